The van der Waals surface area contributed by atoms with E-state index < -0.39 is 0 Å². The van der Waals surface area contributed by atoms with E-state index in [1.54, 1.807) is 16.9 Å². The van der Waals surface area contributed by atoms with Crippen LogP contribution in [0, 0.1) is 0 Å². The van der Waals surface area contributed by atoms with Crippen molar-refractivity contribution >= 4 is 5.91 Å². The maximum Gasteiger partial charge on any atom is 0.273 e. The van der Waals surface area contributed by atoms with Crippen LogP contribution in [0.15, 0.2) is 29.0 Å². The molecule has 1 atom stereocenters. The molecule has 0 spiro atoms. The number of carbonyl (C=O) groups is 1. The Balaban J connectivity index is 1.57. The molecule has 2 aromatic heterocycles. The van der Waals surface area contributed by atoms with E-state index in [0.717, 1.165) is 18.6 Å². The van der Waals surface area contributed by atoms with E-state index >= 15 is 0 Å². The van der Waals surface area contributed by atoms with Crippen molar-refractivity contribution in [2.24, 2.45) is 0 Å². The summed E-state index contributed by atoms with van der Waals surface area (Å²) >= 11 is 0. The van der Waals surface area contributed by atoms with Gasteiger partial charge in [-0.2, -0.15) is 5.10 Å². The predicted molar refractivity (Wildman–Crippen MR) is 67.6 cm³/mol. The standard InChI is InChI=1S/C13H16N4O2/c1-9(8-17-6-2-5-14-17)15-13(18)11-7-12(19-16-11)10-3-4-10/h2,5-7,9-10H,3-4,8H2,1H3,(H,15,18). The van der Waals surface area contributed by atoms with Gasteiger partial charge in [0, 0.05) is 30.4 Å². The molecule has 1 aliphatic rings. The van der Waals surface area contributed by atoms with Crippen LogP contribution in [0.5, 0.6) is 0 Å². The van der Waals surface area contributed by atoms with Crippen molar-refractivity contribution in [1.29, 1.82) is 0 Å². The summed E-state index contributed by atoms with van der Waals surface area (Å²) in [6.45, 7) is 2.56. The summed E-state index contributed by atoms with van der Waals surface area (Å²) in [4.78, 5) is 12.0. The van der Waals surface area contributed by atoms with Crippen LogP contribution in [0.3, 0.4) is 0 Å². The molecule has 1 N–H and O–H groups in total. The number of hydrogen-bond acceptors (Lipinski definition) is 4. The van der Waals surface area contributed by atoms with Gasteiger partial charge in [-0.25, -0.2) is 0 Å². The third-order valence-electron chi connectivity index (χ3n) is 3.14. The fourth-order valence-corrected chi connectivity index (χ4v) is 1.99. The third-order valence-corrected chi connectivity index (χ3v) is 3.14. The van der Waals surface area contributed by atoms with Gasteiger partial charge in [-0.1, -0.05) is 5.16 Å². The van der Waals surface area contributed by atoms with Crippen LogP contribution in [0.2, 0.25) is 0 Å². The minimum atomic E-state index is -0.199. The monoisotopic (exact) mass is 260 g/mol. The molecule has 2 aromatic rings. The first kappa shape index (κ1) is 12.0. The minimum absolute atomic E-state index is 0.0199. The first-order valence-corrected chi connectivity index (χ1v) is 6.47. The molecule has 0 aliphatic heterocycles. The van der Waals surface area contributed by atoms with Crippen molar-refractivity contribution in [3.63, 3.8) is 0 Å². The van der Waals surface area contributed by atoms with Crippen molar-refractivity contribution in [1.82, 2.24) is 20.3 Å². The zero-order valence-electron chi connectivity index (χ0n) is 10.7. The predicted octanol–water partition coefficient (Wildman–Crippen LogP) is 1.57. The van der Waals surface area contributed by atoms with E-state index in [4.69, 9.17) is 4.52 Å². The second-order valence-electron chi connectivity index (χ2n) is 4.99. The summed E-state index contributed by atoms with van der Waals surface area (Å²) in [6.07, 6.45) is 5.84. The van der Waals surface area contributed by atoms with Gasteiger partial charge in [0.1, 0.15) is 5.76 Å². The van der Waals surface area contributed by atoms with Crippen LogP contribution in [-0.2, 0) is 6.54 Å². The largest absolute Gasteiger partial charge is 0.360 e. The number of carbonyl (C=O) groups excluding carboxylic acids is 1. The number of aromatic nitrogens is 3. The van der Waals surface area contributed by atoms with Crippen molar-refractivity contribution in [2.45, 2.75) is 38.3 Å². The van der Waals surface area contributed by atoms with Gasteiger partial charge in [0.2, 0.25) is 0 Å². The highest BCUT2D eigenvalue weighted by Gasteiger charge is 2.29. The topological polar surface area (TPSA) is 73.0 Å². The maximum atomic E-state index is 12.0. The van der Waals surface area contributed by atoms with Crippen LogP contribution < -0.4 is 5.32 Å². The second-order valence-corrected chi connectivity index (χ2v) is 4.99. The Morgan fingerprint density at radius 2 is 2.47 bits per heavy atom. The summed E-state index contributed by atoms with van der Waals surface area (Å²) < 4.78 is 6.95. The summed E-state index contributed by atoms with van der Waals surface area (Å²) in [5.41, 5.74) is 0.356. The van der Waals surface area contributed by atoms with Gasteiger partial charge in [-0.3, -0.25) is 9.48 Å². The Labute approximate surface area is 110 Å². The fourth-order valence-electron chi connectivity index (χ4n) is 1.99. The number of hydrogen-bond donors (Lipinski definition) is 1. The number of amides is 1. The molecule has 0 aromatic carbocycles. The molecule has 0 radical (unpaired) electrons. The van der Waals surface area contributed by atoms with Crippen molar-refractivity contribution in [3.8, 4) is 0 Å². The Morgan fingerprint density at radius 1 is 1.63 bits per heavy atom. The molecule has 6 heteroatoms. The smallest absolute Gasteiger partial charge is 0.273 e. The van der Waals surface area contributed by atoms with Gasteiger partial charge < -0.3 is 9.84 Å². The Hall–Kier alpha value is -2.11. The minimum Gasteiger partial charge on any atom is -0.360 e. The molecular formula is C13H16N4O2. The highest BCUT2D eigenvalue weighted by Crippen LogP contribution is 2.40. The van der Waals surface area contributed by atoms with Gasteiger partial charge in [-0.15, -0.1) is 0 Å². The number of nitrogens with zero attached hydrogens (tertiary/aromatic N) is 3. The van der Waals surface area contributed by atoms with Crippen LogP contribution in [0.1, 0.15) is 41.9 Å². The SMILES string of the molecule is CC(Cn1cccn1)NC(=O)c1cc(C2CC2)on1. The van der Waals surface area contributed by atoms with Crippen molar-refractivity contribution in [3.05, 3.63) is 36.0 Å². The third kappa shape index (κ3) is 2.83. The van der Waals surface area contributed by atoms with Crippen LogP contribution in [0.25, 0.3) is 0 Å². The Morgan fingerprint density at radius 3 is 3.16 bits per heavy atom. The molecular weight excluding hydrogens is 244 g/mol. The Kier molecular flexibility index (Phi) is 3.06. The zero-order valence-corrected chi connectivity index (χ0v) is 10.7. The van der Waals surface area contributed by atoms with E-state index in [1.165, 1.54) is 0 Å². The summed E-state index contributed by atoms with van der Waals surface area (Å²) in [6, 6.07) is 3.58. The van der Waals surface area contributed by atoms with Crippen molar-refractivity contribution in [2.75, 3.05) is 0 Å². The van der Waals surface area contributed by atoms with Gasteiger partial charge in [0.15, 0.2) is 5.69 Å². The van der Waals surface area contributed by atoms with Gasteiger partial charge in [-0.05, 0) is 25.8 Å². The molecule has 3 rings (SSSR count). The summed E-state index contributed by atoms with van der Waals surface area (Å²) in [7, 11) is 0. The van der Waals surface area contributed by atoms with Crippen LogP contribution >= 0.6 is 0 Å². The van der Waals surface area contributed by atoms with E-state index in [0.29, 0.717) is 18.2 Å². The van der Waals surface area contributed by atoms with Crippen LogP contribution in [0.4, 0.5) is 0 Å². The molecule has 100 valence electrons. The summed E-state index contributed by atoms with van der Waals surface area (Å²) in [5.74, 6) is 1.09. The average Bonchev–Trinajstić information content (AvgIpc) is 2.91. The van der Waals surface area contributed by atoms with E-state index in [-0.39, 0.29) is 11.9 Å². The highest BCUT2D eigenvalue weighted by atomic mass is 16.5. The number of rotatable bonds is 5. The molecule has 6 nitrogen and oxygen atoms in total. The fraction of sp³-hybridized carbons (Fsp3) is 0.462. The zero-order chi connectivity index (χ0) is 13.2. The molecule has 0 bridgehead atoms. The van der Waals surface area contributed by atoms with E-state index in [9.17, 15) is 4.79 Å². The molecule has 1 fully saturated rings. The normalized spacial score (nSPS) is 16.3. The molecule has 1 unspecified atom stereocenters. The lowest BCUT2D eigenvalue weighted by molar-refractivity contribution is 0.0926. The molecule has 1 aliphatic carbocycles. The summed E-state index contributed by atoms with van der Waals surface area (Å²) in [5, 5.41) is 10.8. The molecule has 1 saturated carbocycles. The maximum absolute atomic E-state index is 12.0. The second kappa shape index (κ2) is 4.87. The molecule has 19 heavy (non-hydrogen) atoms. The lowest BCUT2D eigenvalue weighted by Gasteiger charge is -2.12. The van der Waals surface area contributed by atoms with E-state index in [1.807, 2.05) is 19.2 Å². The lowest BCUT2D eigenvalue weighted by Crippen LogP contribution is -2.35. The quantitative estimate of drug-likeness (QED) is 0.885. The highest BCUT2D eigenvalue weighted by molar-refractivity contribution is 5.92. The van der Waals surface area contributed by atoms with Crippen LogP contribution in [-0.4, -0.2) is 26.9 Å². The first-order chi connectivity index (χ1) is 9.22. The van der Waals surface area contributed by atoms with Gasteiger partial charge in [0.25, 0.3) is 5.91 Å². The molecule has 0 saturated heterocycles. The average molecular weight is 260 g/mol. The molecule has 2 heterocycles. The Bertz CT molecular complexity index is 557. The van der Waals surface area contributed by atoms with Gasteiger partial charge in [0.05, 0.1) is 6.54 Å². The lowest BCUT2D eigenvalue weighted by atomic mass is 10.2. The van der Waals surface area contributed by atoms with Gasteiger partial charge >= 0.3 is 0 Å². The first-order valence-electron chi connectivity index (χ1n) is 6.47. The van der Waals surface area contributed by atoms with E-state index in [2.05, 4.69) is 15.6 Å². The molecule has 1 amide bonds. The number of nitrogens with one attached hydrogen (secondary N) is 1. The van der Waals surface area contributed by atoms with Crippen molar-refractivity contribution < 1.29 is 9.32 Å².